The number of aliphatic hydroxyl groups is 1. The van der Waals surface area contributed by atoms with Crippen LogP contribution < -0.4 is 5.32 Å². The first-order chi connectivity index (χ1) is 7.65. The van der Waals surface area contributed by atoms with E-state index in [9.17, 15) is 0 Å². The van der Waals surface area contributed by atoms with Crippen LogP contribution in [0.5, 0.6) is 0 Å². The molecular formula is C14H21NO. The van der Waals surface area contributed by atoms with Gasteiger partial charge in [0.05, 0.1) is 0 Å². The summed E-state index contributed by atoms with van der Waals surface area (Å²) in [5, 5.41) is 12.4. The van der Waals surface area contributed by atoms with Crippen LogP contribution in [0.3, 0.4) is 0 Å². The maximum Gasteiger partial charge on any atom is 0.0443 e. The second-order valence-corrected chi connectivity index (χ2v) is 5.33. The standard InChI is InChI=1S/C14H21NO/c1-14(2)10-11-6-3-4-7-12(11)13(14)15-8-5-9-16/h3-4,6-7,13,15-16H,5,8-10H2,1-2H3. The van der Waals surface area contributed by atoms with Gasteiger partial charge in [0.25, 0.3) is 0 Å². The zero-order valence-corrected chi connectivity index (χ0v) is 10.2. The molecule has 0 saturated carbocycles. The third kappa shape index (κ3) is 2.13. The largest absolute Gasteiger partial charge is 0.396 e. The molecule has 1 unspecified atom stereocenters. The zero-order valence-electron chi connectivity index (χ0n) is 10.2. The highest BCUT2D eigenvalue weighted by Gasteiger charge is 2.37. The van der Waals surface area contributed by atoms with E-state index in [0.29, 0.717) is 6.04 Å². The molecule has 0 spiro atoms. The Kier molecular flexibility index (Phi) is 3.31. The summed E-state index contributed by atoms with van der Waals surface area (Å²) in [4.78, 5) is 0. The molecule has 0 fully saturated rings. The highest BCUT2D eigenvalue weighted by molar-refractivity contribution is 5.37. The van der Waals surface area contributed by atoms with Crippen LogP contribution in [0.15, 0.2) is 24.3 Å². The molecule has 2 nitrogen and oxygen atoms in total. The quantitative estimate of drug-likeness (QED) is 0.761. The minimum absolute atomic E-state index is 0.266. The molecule has 1 atom stereocenters. The van der Waals surface area contributed by atoms with Gasteiger partial charge in [0.2, 0.25) is 0 Å². The first-order valence-electron chi connectivity index (χ1n) is 6.07. The number of aliphatic hydroxyl groups excluding tert-OH is 1. The SMILES string of the molecule is CC1(C)Cc2ccccc2C1NCCCO. The minimum Gasteiger partial charge on any atom is -0.396 e. The van der Waals surface area contributed by atoms with Gasteiger partial charge in [-0.25, -0.2) is 0 Å². The van der Waals surface area contributed by atoms with Gasteiger partial charge in [0.15, 0.2) is 0 Å². The molecule has 0 bridgehead atoms. The lowest BCUT2D eigenvalue weighted by Crippen LogP contribution is -2.32. The van der Waals surface area contributed by atoms with Gasteiger partial charge >= 0.3 is 0 Å². The predicted octanol–water partition coefficient (Wildman–Crippen LogP) is 2.28. The van der Waals surface area contributed by atoms with E-state index >= 15 is 0 Å². The molecule has 0 radical (unpaired) electrons. The van der Waals surface area contributed by atoms with E-state index in [-0.39, 0.29) is 12.0 Å². The van der Waals surface area contributed by atoms with Crippen LogP contribution in [0.25, 0.3) is 0 Å². The van der Waals surface area contributed by atoms with E-state index in [1.54, 1.807) is 0 Å². The van der Waals surface area contributed by atoms with Crippen molar-refractivity contribution in [1.82, 2.24) is 5.32 Å². The van der Waals surface area contributed by atoms with Crippen LogP contribution in [0.2, 0.25) is 0 Å². The summed E-state index contributed by atoms with van der Waals surface area (Å²) < 4.78 is 0. The molecule has 0 aliphatic heterocycles. The Labute approximate surface area is 97.7 Å². The van der Waals surface area contributed by atoms with Crippen molar-refractivity contribution in [3.05, 3.63) is 35.4 Å². The fraction of sp³-hybridized carbons (Fsp3) is 0.571. The summed E-state index contributed by atoms with van der Waals surface area (Å²) in [6.07, 6.45) is 1.97. The monoisotopic (exact) mass is 219 g/mol. The number of hydrogen-bond donors (Lipinski definition) is 2. The Bertz CT molecular complexity index is 360. The number of nitrogens with one attached hydrogen (secondary N) is 1. The molecule has 1 aromatic rings. The Balaban J connectivity index is 2.15. The summed E-state index contributed by atoms with van der Waals surface area (Å²) in [6, 6.07) is 9.10. The first kappa shape index (κ1) is 11.6. The molecule has 0 amide bonds. The average molecular weight is 219 g/mol. The lowest BCUT2D eigenvalue weighted by Gasteiger charge is -2.28. The maximum absolute atomic E-state index is 8.83. The highest BCUT2D eigenvalue weighted by Crippen LogP contribution is 2.44. The van der Waals surface area contributed by atoms with E-state index in [2.05, 4.69) is 43.4 Å². The second kappa shape index (κ2) is 4.56. The smallest absolute Gasteiger partial charge is 0.0443 e. The van der Waals surface area contributed by atoms with Gasteiger partial charge in [0.1, 0.15) is 0 Å². The molecule has 1 aromatic carbocycles. The molecule has 16 heavy (non-hydrogen) atoms. The van der Waals surface area contributed by atoms with Crippen molar-refractivity contribution < 1.29 is 5.11 Å². The van der Waals surface area contributed by atoms with Crippen LogP contribution in [0, 0.1) is 5.41 Å². The molecule has 88 valence electrons. The Morgan fingerprint density at radius 3 is 2.88 bits per heavy atom. The second-order valence-electron chi connectivity index (χ2n) is 5.33. The maximum atomic E-state index is 8.83. The van der Waals surface area contributed by atoms with Crippen LogP contribution >= 0.6 is 0 Å². The molecule has 2 rings (SSSR count). The molecule has 0 heterocycles. The number of benzene rings is 1. The number of hydrogen-bond acceptors (Lipinski definition) is 2. The van der Waals surface area contributed by atoms with Gasteiger partial charge in [-0.3, -0.25) is 0 Å². The third-order valence-electron chi connectivity index (χ3n) is 3.48. The minimum atomic E-state index is 0.266. The normalized spacial score (nSPS) is 22.1. The molecule has 2 heteroatoms. The molecule has 0 aromatic heterocycles. The summed E-state index contributed by atoms with van der Waals surface area (Å²) in [6.45, 7) is 5.77. The van der Waals surface area contributed by atoms with Crippen LogP contribution in [-0.4, -0.2) is 18.3 Å². The van der Waals surface area contributed by atoms with Crippen molar-refractivity contribution >= 4 is 0 Å². The third-order valence-corrected chi connectivity index (χ3v) is 3.48. The Morgan fingerprint density at radius 1 is 1.38 bits per heavy atom. The van der Waals surface area contributed by atoms with Crippen molar-refractivity contribution in [3.8, 4) is 0 Å². The molecule has 2 N–H and O–H groups in total. The van der Waals surface area contributed by atoms with E-state index in [4.69, 9.17) is 5.11 Å². The molecule has 1 aliphatic rings. The van der Waals surface area contributed by atoms with Gasteiger partial charge in [-0.2, -0.15) is 0 Å². The van der Waals surface area contributed by atoms with Gasteiger partial charge in [-0.05, 0) is 35.9 Å². The van der Waals surface area contributed by atoms with Crippen molar-refractivity contribution in [2.24, 2.45) is 5.41 Å². The topological polar surface area (TPSA) is 32.3 Å². The molecule has 0 saturated heterocycles. The average Bonchev–Trinajstić information content (AvgIpc) is 2.50. The lowest BCUT2D eigenvalue weighted by atomic mass is 9.85. The Morgan fingerprint density at radius 2 is 2.12 bits per heavy atom. The Hall–Kier alpha value is -0.860. The van der Waals surface area contributed by atoms with E-state index in [0.717, 1.165) is 19.4 Å². The van der Waals surface area contributed by atoms with E-state index in [1.165, 1.54) is 11.1 Å². The fourth-order valence-corrected chi connectivity index (χ4v) is 2.70. The van der Waals surface area contributed by atoms with E-state index < -0.39 is 0 Å². The van der Waals surface area contributed by atoms with Crippen molar-refractivity contribution in [3.63, 3.8) is 0 Å². The zero-order chi connectivity index (χ0) is 11.6. The van der Waals surface area contributed by atoms with Crippen LogP contribution in [0.4, 0.5) is 0 Å². The number of fused-ring (bicyclic) bond motifs is 1. The summed E-state index contributed by atoms with van der Waals surface area (Å²) >= 11 is 0. The van der Waals surface area contributed by atoms with Gasteiger partial charge in [-0.15, -0.1) is 0 Å². The van der Waals surface area contributed by atoms with Gasteiger partial charge in [0, 0.05) is 12.6 Å². The summed E-state index contributed by atoms with van der Waals surface area (Å²) in [5.74, 6) is 0. The molecular weight excluding hydrogens is 198 g/mol. The highest BCUT2D eigenvalue weighted by atomic mass is 16.3. The van der Waals surface area contributed by atoms with Crippen LogP contribution in [0.1, 0.15) is 37.4 Å². The predicted molar refractivity (Wildman–Crippen MR) is 66.4 cm³/mol. The van der Waals surface area contributed by atoms with Crippen molar-refractivity contribution in [2.75, 3.05) is 13.2 Å². The van der Waals surface area contributed by atoms with Gasteiger partial charge < -0.3 is 10.4 Å². The number of rotatable bonds is 4. The summed E-state index contributed by atoms with van der Waals surface area (Å²) in [7, 11) is 0. The van der Waals surface area contributed by atoms with Crippen molar-refractivity contribution in [1.29, 1.82) is 0 Å². The van der Waals surface area contributed by atoms with Crippen molar-refractivity contribution in [2.45, 2.75) is 32.7 Å². The first-order valence-corrected chi connectivity index (χ1v) is 6.07. The van der Waals surface area contributed by atoms with Crippen LogP contribution in [-0.2, 0) is 6.42 Å². The molecule has 1 aliphatic carbocycles. The van der Waals surface area contributed by atoms with Gasteiger partial charge in [-0.1, -0.05) is 38.1 Å². The lowest BCUT2D eigenvalue weighted by molar-refractivity contribution is 0.248. The fourth-order valence-electron chi connectivity index (χ4n) is 2.70. The van der Waals surface area contributed by atoms with E-state index in [1.807, 2.05) is 0 Å². The summed E-state index contributed by atoms with van der Waals surface area (Å²) in [5.41, 5.74) is 3.18.